The van der Waals surface area contributed by atoms with Gasteiger partial charge < -0.3 is 15.5 Å². The highest BCUT2D eigenvalue weighted by Crippen LogP contribution is 2.41. The van der Waals surface area contributed by atoms with Gasteiger partial charge in [-0.25, -0.2) is 0 Å². The van der Waals surface area contributed by atoms with Crippen molar-refractivity contribution in [1.29, 1.82) is 0 Å². The quantitative estimate of drug-likeness (QED) is 0.804. The fourth-order valence-corrected chi connectivity index (χ4v) is 4.16. The summed E-state index contributed by atoms with van der Waals surface area (Å²) in [7, 11) is 0. The summed E-state index contributed by atoms with van der Waals surface area (Å²) in [5.41, 5.74) is 7.29. The molecule has 1 aromatic carbocycles. The highest BCUT2D eigenvalue weighted by atomic mass is 35.5. The Balaban J connectivity index is 0.00000169. The van der Waals surface area contributed by atoms with Crippen molar-refractivity contribution in [2.24, 2.45) is 11.1 Å². The Bertz CT molecular complexity index is 593. The maximum atomic E-state index is 12.5. The van der Waals surface area contributed by atoms with Crippen LogP contribution in [0.1, 0.15) is 38.7 Å². The Morgan fingerprint density at radius 1 is 1.15 bits per heavy atom. The number of piperidine rings is 1. The number of benzene rings is 1. The third-order valence-corrected chi connectivity index (χ3v) is 5.49. The Labute approximate surface area is 174 Å². The summed E-state index contributed by atoms with van der Waals surface area (Å²) in [4.78, 5) is 17.0. The van der Waals surface area contributed by atoms with Crippen LogP contribution in [0.5, 0.6) is 0 Å². The third-order valence-electron chi connectivity index (χ3n) is 5.24. The van der Waals surface area contributed by atoms with Crippen LogP contribution in [0.3, 0.4) is 0 Å². The van der Waals surface area contributed by atoms with Gasteiger partial charge in [0.15, 0.2) is 0 Å². The van der Waals surface area contributed by atoms with Crippen LogP contribution in [-0.4, -0.2) is 47.4 Å². The molecule has 2 saturated heterocycles. The van der Waals surface area contributed by atoms with Gasteiger partial charge in [-0.3, -0.25) is 4.79 Å². The minimum Gasteiger partial charge on any atom is -0.338 e. The molecule has 4 nitrogen and oxygen atoms in total. The van der Waals surface area contributed by atoms with E-state index in [4.69, 9.17) is 17.3 Å². The Morgan fingerprint density at radius 3 is 2.27 bits per heavy atom. The molecule has 1 spiro atoms. The highest BCUT2D eigenvalue weighted by molar-refractivity contribution is 6.30. The highest BCUT2D eigenvalue weighted by Gasteiger charge is 2.44. The zero-order valence-corrected chi connectivity index (χ0v) is 17.9. The summed E-state index contributed by atoms with van der Waals surface area (Å²) in [6, 6.07) is 7.79. The lowest BCUT2D eigenvalue weighted by atomic mass is 9.77. The lowest BCUT2D eigenvalue weighted by molar-refractivity contribution is -0.128. The summed E-state index contributed by atoms with van der Waals surface area (Å²) in [5.74, 6) is 0.289. The van der Waals surface area contributed by atoms with Gasteiger partial charge in [0.05, 0.1) is 0 Å². The summed E-state index contributed by atoms with van der Waals surface area (Å²) in [5, 5.41) is 0.734. The minimum atomic E-state index is -0.156. The van der Waals surface area contributed by atoms with Crippen molar-refractivity contribution in [2.45, 2.75) is 45.2 Å². The molecular weight excluding hydrogens is 393 g/mol. The molecule has 1 amide bonds. The van der Waals surface area contributed by atoms with Gasteiger partial charge in [-0.2, -0.15) is 0 Å². The molecule has 1 aromatic rings. The Hall–Kier alpha value is -0.520. The normalized spacial score (nSPS) is 20.0. The number of likely N-dealkylation sites (tertiary alicyclic amines) is 2. The second kappa shape index (κ2) is 9.11. The van der Waals surface area contributed by atoms with Crippen LogP contribution in [-0.2, 0) is 11.3 Å². The number of hydrogen-bond donors (Lipinski definition) is 1. The molecule has 0 aliphatic carbocycles. The van der Waals surface area contributed by atoms with Crippen LogP contribution < -0.4 is 5.73 Å². The molecule has 26 heavy (non-hydrogen) atoms. The largest absolute Gasteiger partial charge is 0.338 e. The van der Waals surface area contributed by atoms with Gasteiger partial charge in [0.2, 0.25) is 5.91 Å². The summed E-state index contributed by atoms with van der Waals surface area (Å²) >= 11 is 5.94. The van der Waals surface area contributed by atoms with Gasteiger partial charge in [-0.15, -0.1) is 24.8 Å². The van der Waals surface area contributed by atoms with Gasteiger partial charge in [0.1, 0.15) is 0 Å². The predicted octanol–water partition coefficient (Wildman–Crippen LogP) is 3.74. The number of nitrogens with zero attached hydrogens (tertiary/aromatic N) is 2. The van der Waals surface area contributed by atoms with Gasteiger partial charge in [0, 0.05) is 36.6 Å². The van der Waals surface area contributed by atoms with Crippen molar-refractivity contribution < 1.29 is 4.79 Å². The van der Waals surface area contributed by atoms with Crippen molar-refractivity contribution in [2.75, 3.05) is 26.2 Å². The number of carbonyl (C=O) groups is 1. The van der Waals surface area contributed by atoms with E-state index in [9.17, 15) is 4.79 Å². The fraction of sp³-hybridized carbons (Fsp3) is 0.632. The number of halogens is 3. The maximum absolute atomic E-state index is 12.5. The van der Waals surface area contributed by atoms with Gasteiger partial charge in [0.25, 0.3) is 0 Å². The molecule has 3 rings (SSSR count). The van der Waals surface area contributed by atoms with Gasteiger partial charge >= 0.3 is 0 Å². The monoisotopic (exact) mass is 421 g/mol. The summed E-state index contributed by atoms with van der Waals surface area (Å²) in [6.45, 7) is 8.73. The zero-order valence-electron chi connectivity index (χ0n) is 15.5. The SMILES string of the molecule is CC(C)(N)CN1CCC2(CC1)CC(=O)N(Cc1ccc(Cl)cc1)C2.Cl.Cl. The molecule has 0 aromatic heterocycles. The van der Waals surface area contributed by atoms with Crippen LogP contribution in [0, 0.1) is 5.41 Å². The van der Waals surface area contributed by atoms with E-state index in [1.807, 2.05) is 29.2 Å². The molecule has 0 saturated carbocycles. The fourth-order valence-electron chi connectivity index (χ4n) is 4.03. The molecule has 0 atom stereocenters. The van der Waals surface area contributed by atoms with E-state index >= 15 is 0 Å². The Morgan fingerprint density at radius 2 is 1.73 bits per heavy atom. The number of hydrogen-bond acceptors (Lipinski definition) is 3. The topological polar surface area (TPSA) is 49.6 Å². The van der Waals surface area contributed by atoms with Crippen molar-refractivity contribution >= 4 is 42.3 Å². The third kappa shape index (κ3) is 6.00. The van der Waals surface area contributed by atoms with E-state index in [2.05, 4.69) is 18.7 Å². The average molecular weight is 423 g/mol. The predicted molar refractivity (Wildman–Crippen MR) is 112 cm³/mol. The van der Waals surface area contributed by atoms with Crippen LogP contribution in [0.2, 0.25) is 5.02 Å². The van der Waals surface area contributed by atoms with E-state index in [1.54, 1.807) is 0 Å². The molecule has 148 valence electrons. The first-order valence-corrected chi connectivity index (χ1v) is 9.16. The summed E-state index contributed by atoms with van der Waals surface area (Å²) in [6.07, 6.45) is 2.87. The van der Waals surface area contributed by atoms with Crippen LogP contribution in [0.25, 0.3) is 0 Å². The lowest BCUT2D eigenvalue weighted by Gasteiger charge is -2.41. The lowest BCUT2D eigenvalue weighted by Crippen LogP contribution is -2.50. The molecule has 2 fully saturated rings. The Kier molecular flexibility index (Phi) is 8.24. The second-order valence-electron chi connectivity index (χ2n) is 8.32. The first-order chi connectivity index (χ1) is 11.2. The summed E-state index contributed by atoms with van der Waals surface area (Å²) < 4.78 is 0. The molecule has 0 bridgehead atoms. The average Bonchev–Trinajstić information content (AvgIpc) is 2.79. The minimum absolute atomic E-state index is 0. The molecule has 0 unspecified atom stereocenters. The molecule has 7 heteroatoms. The number of rotatable bonds is 4. The van der Waals surface area contributed by atoms with Crippen LogP contribution >= 0.6 is 36.4 Å². The van der Waals surface area contributed by atoms with E-state index in [0.29, 0.717) is 13.0 Å². The van der Waals surface area contributed by atoms with Crippen molar-refractivity contribution in [1.82, 2.24) is 9.80 Å². The molecule has 0 radical (unpaired) electrons. The van der Waals surface area contributed by atoms with Crippen molar-refractivity contribution in [3.05, 3.63) is 34.9 Å². The number of carbonyl (C=O) groups excluding carboxylic acids is 1. The second-order valence-corrected chi connectivity index (χ2v) is 8.75. The molecule has 2 N–H and O–H groups in total. The van der Waals surface area contributed by atoms with E-state index < -0.39 is 0 Å². The van der Waals surface area contributed by atoms with E-state index in [-0.39, 0.29) is 41.7 Å². The first kappa shape index (κ1) is 23.5. The molecule has 2 aliphatic heterocycles. The zero-order chi connectivity index (χ0) is 17.4. The van der Waals surface area contributed by atoms with Crippen LogP contribution in [0.4, 0.5) is 0 Å². The molecular formula is C19H30Cl3N3O. The van der Waals surface area contributed by atoms with Gasteiger partial charge in [-0.1, -0.05) is 23.7 Å². The molecule has 2 aliphatic rings. The smallest absolute Gasteiger partial charge is 0.223 e. The number of amides is 1. The van der Waals surface area contributed by atoms with E-state index in [1.165, 1.54) is 0 Å². The van der Waals surface area contributed by atoms with Crippen LogP contribution in [0.15, 0.2) is 24.3 Å². The maximum Gasteiger partial charge on any atom is 0.223 e. The first-order valence-electron chi connectivity index (χ1n) is 8.78. The van der Waals surface area contributed by atoms with Crippen molar-refractivity contribution in [3.63, 3.8) is 0 Å². The van der Waals surface area contributed by atoms with Crippen molar-refractivity contribution in [3.8, 4) is 0 Å². The molecule has 2 heterocycles. The standard InChI is InChI=1S/C19H28ClN3O.2ClH/c1-18(2,21)13-22-9-7-19(8-10-22)11-17(24)23(14-19)12-15-3-5-16(20)6-4-15;;/h3-6H,7-14,21H2,1-2H3;2*1H. The number of nitrogens with two attached hydrogens (primary N) is 1. The van der Waals surface area contributed by atoms with Gasteiger partial charge in [-0.05, 0) is 62.9 Å². The van der Waals surface area contributed by atoms with E-state index in [0.717, 1.165) is 49.6 Å².